The Hall–Kier alpha value is -7.16. The normalized spacial score (nSPS) is 14.7. The molecule has 0 aliphatic rings. The number of hydrogen-bond acceptors (Lipinski definition) is 2. The maximum Gasteiger partial charge on any atom is 0.159 e. The summed E-state index contributed by atoms with van der Waals surface area (Å²) in [6.07, 6.45) is 0. The molecule has 254 valence electrons. The highest BCUT2D eigenvalue weighted by atomic mass is 16.3. The van der Waals surface area contributed by atoms with Crippen molar-refractivity contribution in [2.45, 2.75) is 0 Å². The van der Waals surface area contributed by atoms with Crippen LogP contribution in [0, 0.1) is 0 Å². The quantitative estimate of drug-likeness (QED) is 0.164. The lowest BCUT2D eigenvalue weighted by atomic mass is 9.93. The van der Waals surface area contributed by atoms with Crippen molar-refractivity contribution in [3.63, 3.8) is 0 Å². The third-order valence-corrected chi connectivity index (χ3v) is 9.59. The molecule has 0 radical (unpaired) electrons. The standard InChI is InChI=1S/C52H35NO/c1-3-13-38(14-4-1)46-34-33-43(35-49(46)40-15-5-2-6-16-40)53(50-23-12-22-48-47-20-9-10-24-51(47)54-52(48)50)42-31-29-37(30-32-42)36-25-27-41(28-26-36)45-21-11-18-39-17-7-8-19-44(39)45/h1-35H/i1D,2D,3D,4D,5D,6D,13D,14D,15D,16D,33D,34D,35D. The summed E-state index contributed by atoms with van der Waals surface area (Å²) in [6, 6.07) is 33.3. The van der Waals surface area contributed by atoms with Crippen molar-refractivity contribution in [3.8, 4) is 44.5 Å². The zero-order valence-electron chi connectivity index (χ0n) is 41.6. The molecular weight excluding hydrogens is 655 g/mol. The van der Waals surface area contributed by atoms with Gasteiger partial charge in [-0.1, -0.05) is 176 Å². The van der Waals surface area contributed by atoms with Crippen LogP contribution in [0.15, 0.2) is 216 Å². The van der Waals surface area contributed by atoms with Gasteiger partial charge in [-0.15, -0.1) is 0 Å². The predicted octanol–water partition coefficient (Wildman–Crippen LogP) is 14.9. The van der Waals surface area contributed by atoms with Gasteiger partial charge in [0, 0.05) is 22.1 Å². The van der Waals surface area contributed by atoms with Gasteiger partial charge < -0.3 is 9.32 Å². The topological polar surface area (TPSA) is 16.4 Å². The Morgan fingerprint density at radius 1 is 0.389 bits per heavy atom. The second-order valence-electron chi connectivity index (χ2n) is 12.7. The highest BCUT2D eigenvalue weighted by Crippen LogP contribution is 2.45. The van der Waals surface area contributed by atoms with Gasteiger partial charge in [-0.3, -0.25) is 0 Å². The van der Waals surface area contributed by atoms with Crippen LogP contribution in [0.2, 0.25) is 0 Å². The van der Waals surface area contributed by atoms with E-state index >= 15 is 0 Å². The molecule has 10 rings (SSSR count). The molecule has 9 aromatic carbocycles. The molecule has 0 aliphatic carbocycles. The molecule has 54 heavy (non-hydrogen) atoms. The van der Waals surface area contributed by atoms with Crippen molar-refractivity contribution in [3.05, 3.63) is 212 Å². The lowest BCUT2D eigenvalue weighted by molar-refractivity contribution is 0.669. The first-order chi connectivity index (χ1) is 32.2. The number of anilines is 3. The van der Waals surface area contributed by atoms with E-state index in [4.69, 9.17) is 18.1 Å². The molecule has 0 aliphatic heterocycles. The smallest absolute Gasteiger partial charge is 0.159 e. The Balaban J connectivity index is 1.24. The highest BCUT2D eigenvalue weighted by Gasteiger charge is 2.21. The van der Waals surface area contributed by atoms with E-state index in [2.05, 4.69) is 36.4 Å². The Morgan fingerprint density at radius 2 is 0.981 bits per heavy atom. The summed E-state index contributed by atoms with van der Waals surface area (Å²) < 4.78 is 123. The summed E-state index contributed by atoms with van der Waals surface area (Å²) in [6.45, 7) is 0. The van der Waals surface area contributed by atoms with Crippen LogP contribution >= 0.6 is 0 Å². The lowest BCUT2D eigenvalue weighted by Gasteiger charge is -2.27. The Morgan fingerprint density at radius 3 is 1.74 bits per heavy atom. The van der Waals surface area contributed by atoms with E-state index < -0.39 is 101 Å². The van der Waals surface area contributed by atoms with Gasteiger partial charge in [0.15, 0.2) is 5.58 Å². The molecule has 1 heterocycles. The van der Waals surface area contributed by atoms with Gasteiger partial charge in [0.05, 0.1) is 23.5 Å². The fourth-order valence-electron chi connectivity index (χ4n) is 7.05. The van der Waals surface area contributed by atoms with Gasteiger partial charge in [-0.05, 0) is 91.6 Å². The zero-order chi connectivity index (χ0) is 47.2. The van der Waals surface area contributed by atoms with E-state index in [9.17, 15) is 4.11 Å². The number of rotatable bonds is 7. The average molecular weight is 703 g/mol. The summed E-state index contributed by atoms with van der Waals surface area (Å²) in [7, 11) is 0. The molecule has 1 aromatic heterocycles. The van der Waals surface area contributed by atoms with Gasteiger partial charge in [0.25, 0.3) is 0 Å². The molecule has 0 unspecified atom stereocenters. The van der Waals surface area contributed by atoms with Gasteiger partial charge in [-0.2, -0.15) is 0 Å². The molecule has 2 heteroatoms. The van der Waals surface area contributed by atoms with Crippen molar-refractivity contribution >= 4 is 49.8 Å². The second kappa shape index (κ2) is 13.4. The van der Waals surface area contributed by atoms with E-state index in [-0.39, 0.29) is 5.69 Å². The third-order valence-electron chi connectivity index (χ3n) is 9.59. The number of furan rings is 1. The first-order valence-corrected chi connectivity index (χ1v) is 17.4. The third kappa shape index (κ3) is 5.62. The molecule has 0 N–H and O–H groups in total. The van der Waals surface area contributed by atoms with Crippen molar-refractivity contribution in [2.24, 2.45) is 0 Å². The van der Waals surface area contributed by atoms with Crippen LogP contribution in [-0.2, 0) is 0 Å². The molecule has 0 amide bonds. The Kier molecular flexibility index (Phi) is 5.17. The number of para-hydroxylation sites is 2. The van der Waals surface area contributed by atoms with Crippen LogP contribution in [0.3, 0.4) is 0 Å². The molecule has 2 nitrogen and oxygen atoms in total. The van der Waals surface area contributed by atoms with E-state index in [1.807, 2.05) is 72.8 Å². The second-order valence-corrected chi connectivity index (χ2v) is 12.7. The van der Waals surface area contributed by atoms with Crippen LogP contribution in [0.5, 0.6) is 0 Å². The van der Waals surface area contributed by atoms with E-state index in [0.29, 0.717) is 27.9 Å². The first-order valence-electron chi connectivity index (χ1n) is 23.9. The minimum absolute atomic E-state index is 0.261. The van der Waals surface area contributed by atoms with Crippen molar-refractivity contribution in [1.82, 2.24) is 0 Å². The Bertz CT molecular complexity index is 3620. The summed E-state index contributed by atoms with van der Waals surface area (Å²) >= 11 is 0. The minimum atomic E-state index is -0.760. The summed E-state index contributed by atoms with van der Waals surface area (Å²) in [5.41, 5.74) is 3.15. The average Bonchev–Trinajstić information content (AvgIpc) is 3.74. The maximum absolute atomic E-state index is 10.1. The van der Waals surface area contributed by atoms with E-state index in [0.717, 1.165) is 38.4 Å². The number of nitrogens with zero attached hydrogens (tertiary/aromatic N) is 1. The predicted molar refractivity (Wildman–Crippen MR) is 228 cm³/mol. The van der Waals surface area contributed by atoms with Crippen molar-refractivity contribution in [2.75, 3.05) is 4.90 Å². The number of benzene rings is 9. The van der Waals surface area contributed by atoms with Crippen LogP contribution < -0.4 is 4.90 Å². The minimum Gasteiger partial charge on any atom is -0.454 e. The van der Waals surface area contributed by atoms with E-state index in [1.165, 1.54) is 0 Å². The fourth-order valence-corrected chi connectivity index (χ4v) is 7.05. The van der Waals surface area contributed by atoms with Crippen molar-refractivity contribution in [1.29, 1.82) is 0 Å². The molecule has 10 aromatic rings. The molecule has 0 fully saturated rings. The molecule has 0 saturated carbocycles. The summed E-state index contributed by atoms with van der Waals surface area (Å²) in [5.74, 6) is 0. The molecule has 0 atom stereocenters. The Labute approximate surface area is 333 Å². The maximum atomic E-state index is 10.1. The van der Waals surface area contributed by atoms with Crippen LogP contribution in [-0.4, -0.2) is 0 Å². The lowest BCUT2D eigenvalue weighted by Crippen LogP contribution is -2.10. The first kappa shape index (κ1) is 20.8. The molecular formula is C52H35NO. The fraction of sp³-hybridized carbons (Fsp3) is 0. The molecule has 0 bridgehead atoms. The zero-order valence-corrected chi connectivity index (χ0v) is 28.6. The monoisotopic (exact) mass is 702 g/mol. The molecule has 0 spiro atoms. The van der Waals surface area contributed by atoms with Crippen molar-refractivity contribution < 1.29 is 22.2 Å². The summed E-state index contributed by atoms with van der Waals surface area (Å²) in [5, 5.41) is 3.76. The van der Waals surface area contributed by atoms with Gasteiger partial charge in [-0.25, -0.2) is 0 Å². The largest absolute Gasteiger partial charge is 0.454 e. The van der Waals surface area contributed by atoms with Crippen LogP contribution in [0.4, 0.5) is 17.1 Å². The molecule has 0 saturated heterocycles. The number of fused-ring (bicyclic) bond motifs is 4. The van der Waals surface area contributed by atoms with Crippen LogP contribution in [0.25, 0.3) is 77.2 Å². The van der Waals surface area contributed by atoms with Gasteiger partial charge in [0.1, 0.15) is 5.58 Å². The van der Waals surface area contributed by atoms with E-state index in [1.54, 1.807) is 29.2 Å². The SMILES string of the molecule is [2H]c1c([2H])c([2H])c(-c2c([2H])c([2H])c(N(c3ccc(-c4ccc(-c5cccc6ccccc56)cc4)cc3)c3cccc4c3oc3ccccc34)c([2H])c2-c2c([2H])c([2H])c([2H])c([2H])c2[2H])c([2H])c1[2H]. The highest BCUT2D eigenvalue weighted by molar-refractivity contribution is 6.10. The van der Waals surface area contributed by atoms with Gasteiger partial charge in [0.2, 0.25) is 0 Å². The summed E-state index contributed by atoms with van der Waals surface area (Å²) in [4.78, 5) is 1.55. The van der Waals surface area contributed by atoms with Gasteiger partial charge >= 0.3 is 0 Å². The number of hydrogen-bond donors (Lipinski definition) is 0. The van der Waals surface area contributed by atoms with Crippen LogP contribution in [0.1, 0.15) is 17.8 Å².